The first kappa shape index (κ1) is 12.8. The average Bonchev–Trinajstić information content (AvgIpc) is 2.88. The number of carbonyl (C=O) groups is 1. The van der Waals surface area contributed by atoms with Crippen molar-refractivity contribution in [1.82, 2.24) is 4.90 Å². The molecule has 1 aliphatic heterocycles. The van der Waals surface area contributed by atoms with Crippen LogP contribution >= 0.6 is 0 Å². The molecule has 1 saturated heterocycles. The molecule has 17 heavy (non-hydrogen) atoms. The molecule has 4 nitrogen and oxygen atoms in total. The second kappa shape index (κ2) is 4.94. The fourth-order valence-electron chi connectivity index (χ4n) is 3.26. The van der Waals surface area contributed by atoms with Gasteiger partial charge in [0.15, 0.2) is 0 Å². The van der Waals surface area contributed by atoms with Gasteiger partial charge in [0.2, 0.25) is 5.91 Å². The molecule has 0 bridgehead atoms. The van der Waals surface area contributed by atoms with Gasteiger partial charge in [-0.05, 0) is 38.5 Å². The summed E-state index contributed by atoms with van der Waals surface area (Å²) in [6, 6.07) is 0.0203. The summed E-state index contributed by atoms with van der Waals surface area (Å²) in [6.07, 6.45) is 4.80. The van der Waals surface area contributed by atoms with Crippen molar-refractivity contribution < 1.29 is 9.90 Å². The monoisotopic (exact) mass is 240 g/mol. The number of amides is 1. The Kier molecular flexibility index (Phi) is 3.73. The zero-order valence-corrected chi connectivity index (χ0v) is 10.7. The lowest BCUT2D eigenvalue weighted by Gasteiger charge is -2.32. The predicted molar refractivity (Wildman–Crippen MR) is 66.3 cm³/mol. The van der Waals surface area contributed by atoms with Crippen molar-refractivity contribution in [1.29, 1.82) is 0 Å². The van der Waals surface area contributed by atoms with Crippen LogP contribution in [0.25, 0.3) is 0 Å². The van der Waals surface area contributed by atoms with Crippen molar-refractivity contribution in [2.24, 2.45) is 17.1 Å². The predicted octanol–water partition coefficient (Wildman–Crippen LogP) is 0.735. The van der Waals surface area contributed by atoms with Gasteiger partial charge in [-0.15, -0.1) is 0 Å². The Bertz CT molecular complexity index is 295. The molecule has 1 amide bonds. The van der Waals surface area contributed by atoms with E-state index in [4.69, 9.17) is 10.8 Å². The summed E-state index contributed by atoms with van der Waals surface area (Å²) in [7, 11) is 0. The van der Waals surface area contributed by atoms with Crippen molar-refractivity contribution in [2.75, 3.05) is 19.7 Å². The van der Waals surface area contributed by atoms with Gasteiger partial charge in [0.05, 0.1) is 5.41 Å². The highest BCUT2D eigenvalue weighted by atomic mass is 16.3. The average molecular weight is 240 g/mol. The Morgan fingerprint density at radius 3 is 2.88 bits per heavy atom. The third-order valence-electron chi connectivity index (χ3n) is 4.63. The van der Waals surface area contributed by atoms with E-state index >= 15 is 0 Å². The lowest BCUT2D eigenvalue weighted by molar-refractivity contribution is -0.140. The topological polar surface area (TPSA) is 66.6 Å². The van der Waals surface area contributed by atoms with Crippen molar-refractivity contribution in [3.05, 3.63) is 0 Å². The van der Waals surface area contributed by atoms with E-state index in [1.54, 1.807) is 0 Å². The Morgan fingerprint density at radius 1 is 1.53 bits per heavy atom. The number of hydrogen-bond donors (Lipinski definition) is 2. The Balaban J connectivity index is 1.97. The fourth-order valence-corrected chi connectivity index (χ4v) is 3.26. The van der Waals surface area contributed by atoms with Crippen LogP contribution < -0.4 is 5.73 Å². The van der Waals surface area contributed by atoms with Gasteiger partial charge in [-0.1, -0.05) is 6.42 Å². The lowest BCUT2D eigenvalue weighted by atomic mass is 9.83. The number of hydrogen-bond acceptors (Lipinski definition) is 3. The number of aliphatic hydroxyl groups is 1. The number of carbonyl (C=O) groups excluding carboxylic acids is 1. The molecule has 4 heteroatoms. The number of likely N-dealkylation sites (tertiary alicyclic amines) is 1. The zero-order valence-electron chi connectivity index (χ0n) is 10.7. The molecule has 1 aliphatic carbocycles. The van der Waals surface area contributed by atoms with Crippen molar-refractivity contribution in [3.8, 4) is 0 Å². The zero-order chi connectivity index (χ0) is 12.5. The van der Waals surface area contributed by atoms with E-state index in [2.05, 4.69) is 0 Å². The summed E-state index contributed by atoms with van der Waals surface area (Å²) in [4.78, 5) is 14.5. The van der Waals surface area contributed by atoms with Crippen LogP contribution in [0.2, 0.25) is 0 Å². The van der Waals surface area contributed by atoms with Gasteiger partial charge in [-0.2, -0.15) is 0 Å². The summed E-state index contributed by atoms with van der Waals surface area (Å²) in [6.45, 7) is 3.89. The molecule has 1 saturated carbocycles. The molecule has 3 unspecified atom stereocenters. The van der Waals surface area contributed by atoms with E-state index < -0.39 is 0 Å². The molecular weight excluding hydrogens is 216 g/mol. The lowest BCUT2D eigenvalue weighted by Crippen LogP contribution is -2.48. The molecule has 3 atom stereocenters. The molecular formula is C13H24N2O2. The first-order valence-electron chi connectivity index (χ1n) is 6.73. The maximum absolute atomic E-state index is 12.5. The maximum atomic E-state index is 12.5. The molecule has 0 spiro atoms. The largest absolute Gasteiger partial charge is 0.396 e. The van der Waals surface area contributed by atoms with E-state index in [1.807, 2.05) is 11.8 Å². The standard InChI is InChI=1S/C13H24N2O2/c1-13(6-2-3-11(13)14)12(17)15-7-4-10(9-15)5-8-16/h10-11,16H,2-9,14H2,1H3. The van der Waals surface area contributed by atoms with Gasteiger partial charge < -0.3 is 15.7 Å². The second-order valence-electron chi connectivity index (χ2n) is 5.83. The van der Waals surface area contributed by atoms with Gasteiger partial charge >= 0.3 is 0 Å². The summed E-state index contributed by atoms with van der Waals surface area (Å²) in [5, 5.41) is 8.93. The highest BCUT2D eigenvalue weighted by molar-refractivity contribution is 5.83. The number of nitrogens with zero attached hydrogens (tertiary/aromatic N) is 1. The maximum Gasteiger partial charge on any atom is 0.230 e. The highest BCUT2D eigenvalue weighted by Crippen LogP contribution is 2.39. The Hall–Kier alpha value is -0.610. The quantitative estimate of drug-likeness (QED) is 0.764. The smallest absolute Gasteiger partial charge is 0.230 e. The van der Waals surface area contributed by atoms with Crippen LogP contribution in [0.5, 0.6) is 0 Å². The van der Waals surface area contributed by atoms with Crippen LogP contribution in [-0.2, 0) is 4.79 Å². The van der Waals surface area contributed by atoms with Crippen LogP contribution in [0.15, 0.2) is 0 Å². The molecule has 0 aromatic rings. The molecule has 0 radical (unpaired) electrons. The summed E-state index contributed by atoms with van der Waals surface area (Å²) >= 11 is 0. The summed E-state index contributed by atoms with van der Waals surface area (Å²) in [5.74, 6) is 0.716. The van der Waals surface area contributed by atoms with Gasteiger partial charge in [0, 0.05) is 25.7 Å². The Labute approximate surface area is 103 Å². The first-order chi connectivity index (χ1) is 8.08. The molecule has 0 aromatic carbocycles. The van der Waals surface area contributed by atoms with E-state index in [1.165, 1.54) is 0 Å². The minimum absolute atomic E-state index is 0.0203. The highest BCUT2D eigenvalue weighted by Gasteiger charge is 2.46. The first-order valence-corrected chi connectivity index (χ1v) is 6.73. The molecule has 3 N–H and O–H groups in total. The molecule has 2 fully saturated rings. The fraction of sp³-hybridized carbons (Fsp3) is 0.923. The van der Waals surface area contributed by atoms with E-state index in [0.29, 0.717) is 5.92 Å². The van der Waals surface area contributed by atoms with E-state index in [9.17, 15) is 4.79 Å². The summed E-state index contributed by atoms with van der Waals surface area (Å²) in [5.41, 5.74) is 5.75. The minimum Gasteiger partial charge on any atom is -0.396 e. The molecule has 2 aliphatic rings. The van der Waals surface area contributed by atoms with Crippen LogP contribution in [-0.4, -0.2) is 41.7 Å². The van der Waals surface area contributed by atoms with Gasteiger partial charge in [-0.25, -0.2) is 0 Å². The Morgan fingerprint density at radius 2 is 2.29 bits per heavy atom. The molecule has 1 heterocycles. The third-order valence-corrected chi connectivity index (χ3v) is 4.63. The normalized spacial score (nSPS) is 37.7. The van der Waals surface area contributed by atoms with Crippen molar-refractivity contribution >= 4 is 5.91 Å². The minimum atomic E-state index is -0.339. The van der Waals surface area contributed by atoms with Crippen LogP contribution in [0.1, 0.15) is 39.0 Å². The van der Waals surface area contributed by atoms with Gasteiger partial charge in [-0.3, -0.25) is 4.79 Å². The van der Waals surface area contributed by atoms with E-state index in [0.717, 1.165) is 45.2 Å². The third kappa shape index (κ3) is 2.33. The van der Waals surface area contributed by atoms with E-state index in [-0.39, 0.29) is 24.0 Å². The summed E-state index contributed by atoms with van der Waals surface area (Å²) < 4.78 is 0. The molecule has 0 aromatic heterocycles. The van der Waals surface area contributed by atoms with Gasteiger partial charge in [0.1, 0.15) is 0 Å². The number of nitrogens with two attached hydrogens (primary N) is 1. The molecule has 2 rings (SSSR count). The van der Waals surface area contributed by atoms with Crippen molar-refractivity contribution in [2.45, 2.75) is 45.1 Å². The number of rotatable bonds is 3. The van der Waals surface area contributed by atoms with Crippen LogP contribution in [0.4, 0.5) is 0 Å². The molecule has 98 valence electrons. The second-order valence-corrected chi connectivity index (χ2v) is 5.83. The SMILES string of the molecule is CC1(C(=O)N2CCC(CCO)C2)CCCC1N. The van der Waals surface area contributed by atoms with Crippen LogP contribution in [0.3, 0.4) is 0 Å². The van der Waals surface area contributed by atoms with Crippen molar-refractivity contribution in [3.63, 3.8) is 0 Å². The van der Waals surface area contributed by atoms with Gasteiger partial charge in [0.25, 0.3) is 0 Å². The van der Waals surface area contributed by atoms with Crippen LogP contribution in [0, 0.1) is 11.3 Å². The number of aliphatic hydroxyl groups excluding tert-OH is 1.